The first-order valence-electron chi connectivity index (χ1n) is 3.46. The van der Waals surface area contributed by atoms with Gasteiger partial charge in [-0.1, -0.05) is 6.07 Å². The molecule has 2 aromatic heterocycles. The minimum absolute atomic E-state index is 0.613. The van der Waals surface area contributed by atoms with Gasteiger partial charge >= 0.3 is 0 Å². The van der Waals surface area contributed by atoms with E-state index in [9.17, 15) is 0 Å². The zero-order valence-corrected chi connectivity index (χ0v) is 8.64. The van der Waals surface area contributed by atoms with Crippen LogP contribution in [0.5, 0.6) is 0 Å². The summed E-state index contributed by atoms with van der Waals surface area (Å²) < 4.78 is 0. The average molecular weight is 217 g/mol. The second-order valence-electron chi connectivity index (χ2n) is 2.27. The molecular weight excluding hydrogens is 210 g/mol. The Kier molecular flexibility index (Phi) is 2.44. The summed E-state index contributed by atoms with van der Waals surface area (Å²) in [4.78, 5) is 5.63. The molecule has 0 aromatic carbocycles. The zero-order chi connectivity index (χ0) is 8.39. The van der Waals surface area contributed by atoms with Gasteiger partial charge < -0.3 is 0 Å². The maximum Gasteiger partial charge on any atom is 0.212 e. The molecule has 0 aliphatic rings. The van der Waals surface area contributed by atoms with Crippen LogP contribution in [0.25, 0.3) is 9.88 Å². The van der Waals surface area contributed by atoms with Gasteiger partial charge in [0.25, 0.3) is 0 Å². The van der Waals surface area contributed by atoms with Crippen molar-refractivity contribution in [1.29, 1.82) is 0 Å². The molecule has 12 heavy (non-hydrogen) atoms. The van der Waals surface area contributed by atoms with Gasteiger partial charge in [0.05, 0.1) is 4.88 Å². The van der Waals surface area contributed by atoms with E-state index < -0.39 is 0 Å². The topological polar surface area (TPSA) is 12.9 Å². The van der Waals surface area contributed by atoms with Crippen LogP contribution in [0.15, 0.2) is 22.9 Å². The molecule has 62 valence electrons. The minimum atomic E-state index is 0.613. The van der Waals surface area contributed by atoms with Crippen LogP contribution in [0.2, 0.25) is 0 Å². The highest BCUT2D eigenvalue weighted by Gasteiger charge is 2.05. The van der Waals surface area contributed by atoms with Gasteiger partial charge in [0, 0.05) is 5.38 Å². The Morgan fingerprint density at radius 2 is 2.33 bits per heavy atom. The lowest BCUT2D eigenvalue weighted by Gasteiger charge is -1.84. The zero-order valence-electron chi connectivity index (χ0n) is 6.19. The fourth-order valence-electron chi connectivity index (χ4n) is 0.887. The molecule has 2 aromatic rings. The molecule has 2 heterocycles. The molecular formula is C8H7ClNS2+. The highest BCUT2D eigenvalue weighted by Crippen LogP contribution is 2.27. The summed E-state index contributed by atoms with van der Waals surface area (Å²) in [6.07, 6.45) is 0. The van der Waals surface area contributed by atoms with Crippen molar-refractivity contribution >= 4 is 22.7 Å². The van der Waals surface area contributed by atoms with E-state index in [0.29, 0.717) is 5.88 Å². The summed E-state index contributed by atoms with van der Waals surface area (Å²) in [7, 11) is 0. The first kappa shape index (κ1) is 8.23. The molecule has 0 N–H and O–H groups in total. The molecule has 0 amide bonds. The lowest BCUT2D eigenvalue weighted by molar-refractivity contribution is -0.387. The van der Waals surface area contributed by atoms with Crippen LogP contribution < -0.4 is 0 Å². The van der Waals surface area contributed by atoms with Crippen LogP contribution in [-0.4, -0.2) is 4.98 Å². The van der Waals surface area contributed by atoms with Crippen molar-refractivity contribution in [2.24, 2.45) is 0 Å². The van der Waals surface area contributed by atoms with E-state index in [0.717, 1.165) is 10.7 Å². The van der Waals surface area contributed by atoms with Gasteiger partial charge in [-0.15, -0.1) is 22.7 Å². The van der Waals surface area contributed by atoms with Crippen LogP contribution in [0, 0.1) is 11.6 Å². The molecule has 0 unspecified atom stereocenters. The second-order valence-corrected chi connectivity index (χ2v) is 4.36. The molecule has 0 saturated carbocycles. The third-order valence-electron chi connectivity index (χ3n) is 1.43. The minimum Gasteiger partial charge on any atom is -0.234 e. The van der Waals surface area contributed by atoms with Gasteiger partial charge in [0.2, 0.25) is 5.88 Å². The lowest BCUT2D eigenvalue weighted by atomic mass is 10.5. The van der Waals surface area contributed by atoms with Gasteiger partial charge in [-0.05, 0) is 11.4 Å². The van der Waals surface area contributed by atoms with Gasteiger partial charge in [-0.3, -0.25) is 0 Å². The molecule has 0 spiro atoms. The quantitative estimate of drug-likeness (QED) is 0.704. The van der Waals surface area contributed by atoms with Crippen molar-refractivity contribution in [3.05, 3.63) is 28.6 Å². The summed E-state index contributed by atoms with van der Waals surface area (Å²) >= 11 is 8.29. The first-order chi connectivity index (χ1) is 5.90. The summed E-state index contributed by atoms with van der Waals surface area (Å²) in [5.41, 5.74) is 1.01. The van der Waals surface area contributed by atoms with Crippen LogP contribution in [0.3, 0.4) is 0 Å². The number of thiazole rings is 1. The van der Waals surface area contributed by atoms with Crippen molar-refractivity contribution in [2.45, 2.75) is 5.88 Å². The SMILES string of the molecule is [ClH+]Cc1csc(-c2cccs2)n1. The number of nitrogens with zero attached hydrogens (tertiary/aromatic N) is 1. The Labute approximate surface area is 83.7 Å². The molecule has 0 bridgehead atoms. The summed E-state index contributed by atoms with van der Waals surface area (Å²) in [5.74, 6) is 0.613. The van der Waals surface area contributed by atoms with Gasteiger partial charge in [-0.2, -0.15) is 0 Å². The maximum atomic E-state index is 4.91. The number of aromatic nitrogens is 1. The maximum absolute atomic E-state index is 4.91. The largest absolute Gasteiger partial charge is 0.234 e. The number of rotatable bonds is 2. The molecule has 0 aliphatic heterocycles. The Bertz CT molecular complexity index is 353. The van der Waals surface area contributed by atoms with E-state index in [4.69, 9.17) is 11.6 Å². The Morgan fingerprint density at radius 3 is 2.92 bits per heavy atom. The van der Waals surface area contributed by atoms with E-state index >= 15 is 0 Å². The van der Waals surface area contributed by atoms with E-state index in [2.05, 4.69) is 16.4 Å². The van der Waals surface area contributed by atoms with Crippen LogP contribution in [-0.2, 0) is 5.88 Å². The third kappa shape index (κ3) is 1.53. The fourth-order valence-corrected chi connectivity index (χ4v) is 2.77. The average Bonchev–Trinajstić information content (AvgIpc) is 2.75. The highest BCUT2D eigenvalue weighted by molar-refractivity contribution is 7.20. The molecule has 4 heteroatoms. The molecule has 0 saturated heterocycles. The first-order valence-corrected chi connectivity index (χ1v) is 5.80. The van der Waals surface area contributed by atoms with Crippen molar-refractivity contribution in [1.82, 2.24) is 4.98 Å². The van der Waals surface area contributed by atoms with Crippen LogP contribution in [0.4, 0.5) is 0 Å². The lowest BCUT2D eigenvalue weighted by Crippen LogP contribution is -1.78. The van der Waals surface area contributed by atoms with Crippen molar-refractivity contribution in [3.63, 3.8) is 0 Å². The van der Waals surface area contributed by atoms with Crippen molar-refractivity contribution in [2.75, 3.05) is 0 Å². The number of thiophene rings is 1. The summed E-state index contributed by atoms with van der Waals surface area (Å²) in [6, 6.07) is 4.12. The van der Waals surface area contributed by atoms with Crippen LogP contribution >= 0.6 is 22.7 Å². The number of halogens is 1. The monoisotopic (exact) mass is 216 g/mol. The molecule has 0 radical (unpaired) electrons. The van der Waals surface area contributed by atoms with Crippen molar-refractivity contribution in [3.8, 4) is 9.88 Å². The van der Waals surface area contributed by atoms with Gasteiger partial charge in [0.1, 0.15) is 22.3 Å². The van der Waals surface area contributed by atoms with E-state index in [-0.39, 0.29) is 0 Å². The van der Waals surface area contributed by atoms with E-state index in [1.807, 2.05) is 11.4 Å². The molecule has 0 atom stereocenters. The summed E-state index contributed by atoms with van der Waals surface area (Å²) in [5, 5.41) is 5.18. The molecule has 1 nitrogen and oxygen atoms in total. The molecule has 0 aliphatic carbocycles. The normalized spacial score (nSPS) is 10.4. The number of hydrogen-bond acceptors (Lipinski definition) is 3. The predicted molar refractivity (Wildman–Crippen MR) is 50.5 cm³/mol. The van der Waals surface area contributed by atoms with E-state index in [1.54, 1.807) is 22.7 Å². The van der Waals surface area contributed by atoms with Gasteiger partial charge in [0.15, 0.2) is 0 Å². The number of hydrogen-bond donors (Lipinski definition) is 0. The van der Waals surface area contributed by atoms with Gasteiger partial charge in [-0.25, -0.2) is 4.98 Å². The summed E-state index contributed by atoms with van der Waals surface area (Å²) in [6.45, 7) is 0. The molecule has 2 rings (SSSR count). The predicted octanol–water partition coefficient (Wildman–Crippen LogP) is 2.65. The third-order valence-corrected chi connectivity index (χ3v) is 3.66. The fraction of sp³-hybridized carbons (Fsp3) is 0.125. The smallest absolute Gasteiger partial charge is 0.212 e. The van der Waals surface area contributed by atoms with Crippen LogP contribution in [0.1, 0.15) is 5.69 Å². The number of alkyl halides is 1. The van der Waals surface area contributed by atoms with E-state index in [1.165, 1.54) is 4.88 Å². The molecule has 0 fully saturated rings. The van der Waals surface area contributed by atoms with Crippen molar-refractivity contribution < 1.29 is 11.6 Å². The Balaban J connectivity index is 2.35. The highest BCUT2D eigenvalue weighted by atomic mass is 35.5. The standard InChI is InChI=1S/C8H7ClNS2/c9-4-6-5-12-8(10-6)7-2-1-3-11-7/h1-3,5,9H,4H2/q+1. The second kappa shape index (κ2) is 3.56. The Morgan fingerprint density at radius 1 is 1.42 bits per heavy atom. The Hall–Kier alpha value is -0.380.